The molecular formula is C57H93NO25. The molecule has 0 spiro atoms. The van der Waals surface area contributed by atoms with E-state index < -0.39 is 176 Å². The van der Waals surface area contributed by atoms with E-state index >= 15 is 0 Å². The average Bonchev–Trinajstić information content (AvgIpc) is 3.27. The van der Waals surface area contributed by atoms with Gasteiger partial charge in [0.2, 0.25) is 0 Å². The molecule has 3 fully saturated rings. The number of nitrogens with zero attached hydrogens (tertiary/aromatic N) is 1. The summed E-state index contributed by atoms with van der Waals surface area (Å²) in [6.07, 6.45) is -13.0. The normalized spacial score (nSPS) is 38.5. The molecule has 4 heterocycles. The predicted octanol–water partition coefficient (Wildman–Crippen LogP) is 1.88. The second kappa shape index (κ2) is 33.5. The van der Waals surface area contributed by atoms with Gasteiger partial charge in [0.05, 0.1) is 49.6 Å². The monoisotopic (exact) mass is 1190 g/mol. The number of hydrogen-bond donors (Lipinski definition) is 7. The Morgan fingerprint density at radius 2 is 1.42 bits per heavy atom. The number of aliphatic hydroxyl groups is 5. The molecule has 26 nitrogen and oxygen atoms in total. The van der Waals surface area contributed by atoms with E-state index in [1.54, 1.807) is 66.6 Å². The van der Waals surface area contributed by atoms with Crippen LogP contribution in [-0.2, 0) is 85.7 Å². The largest absolute Gasteiger partial charge is 0.479 e. The van der Waals surface area contributed by atoms with Crippen LogP contribution in [0.25, 0.3) is 0 Å². The number of ether oxygens (including phenoxy) is 11. The smallest absolute Gasteiger partial charge is 0.335 e. The third-order valence-corrected chi connectivity index (χ3v) is 15.3. The molecular weight excluding hydrogens is 1100 g/mol. The maximum Gasteiger partial charge on any atom is 0.335 e. The summed E-state index contributed by atoms with van der Waals surface area (Å²) in [7, 11) is 6.45. The fourth-order valence-corrected chi connectivity index (χ4v) is 10.9. The van der Waals surface area contributed by atoms with Gasteiger partial charge in [0, 0.05) is 58.2 Å². The predicted molar refractivity (Wildman–Crippen MR) is 290 cm³/mol. The summed E-state index contributed by atoms with van der Waals surface area (Å²) in [6.45, 7) is 18.8. The van der Waals surface area contributed by atoms with E-state index in [9.17, 15) is 48.9 Å². The lowest BCUT2D eigenvalue weighted by Gasteiger charge is -2.50. The zero-order valence-corrected chi connectivity index (χ0v) is 50.5. The maximum atomic E-state index is 14.0. The Morgan fingerprint density at radius 3 is 1.94 bits per heavy atom. The van der Waals surface area contributed by atoms with Crippen LogP contribution < -0.4 is 0 Å². The summed E-state index contributed by atoms with van der Waals surface area (Å²) in [5.74, 6) is -8.17. The highest BCUT2D eigenvalue weighted by atomic mass is 16.7. The molecule has 4 rings (SSSR count). The number of esters is 3. The zero-order valence-electron chi connectivity index (χ0n) is 50.5. The number of cyclic esters (lactones) is 1. The van der Waals surface area contributed by atoms with Gasteiger partial charge in [-0.1, -0.05) is 52.3 Å². The number of methoxy groups -OCH3 is 2. The van der Waals surface area contributed by atoms with Crippen LogP contribution in [0.2, 0.25) is 0 Å². The maximum absolute atomic E-state index is 14.0. The van der Waals surface area contributed by atoms with E-state index in [-0.39, 0.29) is 44.0 Å². The van der Waals surface area contributed by atoms with Crippen molar-refractivity contribution < 1.29 is 121 Å². The molecule has 1 unspecified atom stereocenters. The first-order valence-electron chi connectivity index (χ1n) is 28.1. The molecule has 4 aliphatic heterocycles. The number of aliphatic carboxylic acids is 2. The van der Waals surface area contributed by atoms with Crippen molar-refractivity contribution >= 4 is 41.9 Å². The van der Waals surface area contributed by atoms with Crippen LogP contribution in [0.4, 0.5) is 0 Å². The number of carboxylic acid groups (broad SMARTS) is 2. The highest BCUT2D eigenvalue weighted by Crippen LogP contribution is 2.38. The molecule has 0 aromatic heterocycles. The number of carbonyl (C=O) groups is 7. The van der Waals surface area contributed by atoms with E-state index in [0.717, 1.165) is 0 Å². The highest BCUT2D eigenvalue weighted by molar-refractivity contribution is 5.91. The molecule has 4 aliphatic rings. The van der Waals surface area contributed by atoms with E-state index in [1.807, 2.05) is 26.8 Å². The molecule has 0 bridgehead atoms. The number of likely N-dealkylation sites (N-methyl/N-ethyl adjacent to an activating group) is 1. The number of ketones is 1. The fraction of sp³-hybridized carbons (Fsp3) is 0.807. The van der Waals surface area contributed by atoms with Gasteiger partial charge in [-0.3, -0.25) is 19.2 Å². The van der Waals surface area contributed by atoms with Crippen LogP contribution in [-0.4, -0.2) is 233 Å². The molecule has 476 valence electrons. The number of carboxylic acids is 2. The standard InChI is InChI=1S/C53H87NO19.C4H6O6/c1-16-39-36(26-65-52-49(64-15)48(63-14)47(32(8)68-52)71-40(59)21-27(2)3)22-28(4)17-18-37(57)29(5)23-35(19-20-55)45(30(6)38(58)24-41(60)70-39)73-51-44(61)43(54(12)13)46(31(7)67-51)72-42-25-53(11,62)50(33(9)66-42)69-34(10)56;5-1(3(7)8)2(6)4(9)10/h17-18,20,22,27,29-33,35-36,38-39,42-52,58,61-62H,16,19,21,23-26H2,1-15H3;1-2,5-6H,(H,7,8)(H,9,10)/b18-17+,28-22+;/t29-,30+,31-,32-,33+,35?,36-,38-,39-,42+,43-,44-,45-,46-,47-,48-,49-,50+,51-,52-,53-;1-,2-/m11/s1. The van der Waals surface area contributed by atoms with Crippen LogP contribution >= 0.6 is 0 Å². The summed E-state index contributed by atoms with van der Waals surface area (Å²) >= 11 is 0. The Balaban J connectivity index is 0.00000164. The van der Waals surface area contributed by atoms with E-state index in [2.05, 4.69) is 0 Å². The Kier molecular flexibility index (Phi) is 29.4. The van der Waals surface area contributed by atoms with Crippen molar-refractivity contribution in [3.8, 4) is 0 Å². The van der Waals surface area contributed by atoms with Crippen LogP contribution in [0.5, 0.6) is 0 Å². The molecule has 26 heteroatoms. The quantitative estimate of drug-likeness (QED) is 0.0520. The Labute approximate surface area is 485 Å². The summed E-state index contributed by atoms with van der Waals surface area (Å²) in [6, 6.07) is -0.786. The number of rotatable bonds is 20. The molecule has 83 heavy (non-hydrogen) atoms. The first kappa shape index (κ1) is 72.9. The zero-order chi connectivity index (χ0) is 63.0. The lowest BCUT2D eigenvalue weighted by Crippen LogP contribution is -2.65. The van der Waals surface area contributed by atoms with Crippen LogP contribution in [0.3, 0.4) is 0 Å². The first-order chi connectivity index (χ1) is 38.7. The van der Waals surface area contributed by atoms with Crippen molar-refractivity contribution in [2.24, 2.45) is 29.6 Å². The highest BCUT2D eigenvalue weighted by Gasteiger charge is 2.53. The van der Waals surface area contributed by atoms with Gasteiger partial charge >= 0.3 is 29.8 Å². The van der Waals surface area contributed by atoms with Gasteiger partial charge in [-0.25, -0.2) is 9.59 Å². The Morgan fingerprint density at radius 1 is 0.831 bits per heavy atom. The second-order valence-corrected chi connectivity index (χ2v) is 23.0. The topological polar surface area (TPSA) is 366 Å². The van der Waals surface area contributed by atoms with E-state index in [4.69, 9.17) is 72.5 Å². The minimum absolute atomic E-state index is 0.0405. The summed E-state index contributed by atoms with van der Waals surface area (Å²) in [4.78, 5) is 86.0. The molecule has 0 aromatic carbocycles. The van der Waals surface area contributed by atoms with Gasteiger partial charge in [0.1, 0.15) is 42.4 Å². The van der Waals surface area contributed by atoms with E-state index in [0.29, 0.717) is 18.3 Å². The molecule has 7 N–H and O–H groups in total. The van der Waals surface area contributed by atoms with Crippen LogP contribution in [0.15, 0.2) is 23.8 Å². The Bertz CT molecular complexity index is 2150. The molecule has 0 saturated carbocycles. The van der Waals surface area contributed by atoms with Gasteiger partial charge in [0.25, 0.3) is 0 Å². The molecule has 0 radical (unpaired) electrons. The van der Waals surface area contributed by atoms with Crippen LogP contribution in [0, 0.1) is 29.6 Å². The number of hydrogen-bond acceptors (Lipinski definition) is 24. The second-order valence-electron chi connectivity index (χ2n) is 23.0. The van der Waals surface area contributed by atoms with Crippen molar-refractivity contribution in [3.05, 3.63) is 23.8 Å². The van der Waals surface area contributed by atoms with Crippen molar-refractivity contribution in [1.29, 1.82) is 0 Å². The molecule has 0 aromatic rings. The van der Waals surface area contributed by atoms with Gasteiger partial charge in [-0.05, 0) is 79.5 Å². The summed E-state index contributed by atoms with van der Waals surface area (Å²) in [5, 5.41) is 67.9. The first-order valence-corrected chi connectivity index (χ1v) is 28.1. The number of carbonyl (C=O) groups excluding carboxylic acids is 5. The molecule has 0 aliphatic carbocycles. The minimum Gasteiger partial charge on any atom is -0.479 e. The van der Waals surface area contributed by atoms with Gasteiger partial charge in [-0.15, -0.1) is 0 Å². The Hall–Kier alpha value is -4.39. The number of aliphatic hydroxyl groups excluding tert-OH is 4. The fourth-order valence-electron chi connectivity index (χ4n) is 10.9. The third-order valence-electron chi connectivity index (χ3n) is 15.3. The SMILES string of the molecule is CC[C@H]1OC(=O)C[C@@H](O)[C@H](C)[C@@H](O[C@H]2O[C@H](C)[C@@H](O[C@H]3C[C@@](C)(O)[C@@H](OC(C)=O)[C@H](C)O3)[C@H](N(C)C)[C@H]2O)C(CC=O)C[C@@H](C)C(=O)/C=C/C(C)=C/[C@@H]1CO[C@@H]1O[C@H](C)[C@@H](OC(=O)CC(C)C)[C@@H](OC)[C@H]1OC.O=C(O)[C@H](O)[C@@H](O)C(=O)O. The van der Waals surface area contributed by atoms with Gasteiger partial charge in [0.15, 0.2) is 49.1 Å². The minimum atomic E-state index is -2.27. The summed E-state index contributed by atoms with van der Waals surface area (Å²) < 4.78 is 67.2. The van der Waals surface area contributed by atoms with Crippen LogP contribution in [0.1, 0.15) is 115 Å². The lowest BCUT2D eigenvalue weighted by atomic mass is 9.79. The van der Waals surface area contributed by atoms with Gasteiger partial charge < -0.3 is 97.5 Å². The lowest BCUT2D eigenvalue weighted by molar-refractivity contribution is -0.342. The van der Waals surface area contributed by atoms with Crippen molar-refractivity contribution in [3.63, 3.8) is 0 Å². The van der Waals surface area contributed by atoms with E-state index in [1.165, 1.54) is 34.1 Å². The van der Waals surface area contributed by atoms with Gasteiger partial charge in [-0.2, -0.15) is 0 Å². The number of aldehydes is 1. The van der Waals surface area contributed by atoms with Crippen molar-refractivity contribution in [2.75, 3.05) is 34.9 Å². The third kappa shape index (κ3) is 20.9. The number of allylic oxidation sites excluding steroid dienone is 3. The summed E-state index contributed by atoms with van der Waals surface area (Å²) in [5.41, 5.74) is -0.840. The average molecular weight is 1190 g/mol. The van der Waals surface area contributed by atoms with Crippen molar-refractivity contribution in [1.82, 2.24) is 4.90 Å². The molecule has 3 saturated heterocycles. The molecule has 23 atom stereocenters. The molecule has 0 amide bonds. The van der Waals surface area contributed by atoms with Crippen molar-refractivity contribution in [2.45, 2.75) is 231 Å².